The molecule has 2 aromatic rings. The van der Waals surface area contributed by atoms with Crippen molar-refractivity contribution >= 4 is 23.2 Å². The van der Waals surface area contributed by atoms with E-state index in [2.05, 4.69) is 5.32 Å². The van der Waals surface area contributed by atoms with Gasteiger partial charge in [0.05, 0.1) is 11.0 Å². The second-order valence-corrected chi connectivity index (χ2v) is 5.95. The van der Waals surface area contributed by atoms with E-state index < -0.39 is 10.8 Å². The van der Waals surface area contributed by atoms with Crippen LogP contribution in [0, 0.1) is 10.1 Å². The van der Waals surface area contributed by atoms with E-state index in [1.165, 1.54) is 12.1 Å². The largest absolute Gasteiger partial charge is 0.486 e. The van der Waals surface area contributed by atoms with Gasteiger partial charge in [0.2, 0.25) is 0 Å². The Morgan fingerprint density at radius 2 is 1.92 bits per heavy atom. The molecule has 1 amide bonds. The van der Waals surface area contributed by atoms with Crippen molar-refractivity contribution in [2.45, 2.75) is 13.0 Å². The number of amides is 1. The fraction of sp³-hybridized carbons (Fsp3) is 0.235. The van der Waals surface area contributed by atoms with E-state index >= 15 is 0 Å². The summed E-state index contributed by atoms with van der Waals surface area (Å²) in [7, 11) is 0. The van der Waals surface area contributed by atoms with Crippen molar-refractivity contribution in [1.82, 2.24) is 5.32 Å². The normalized spacial score (nSPS) is 13.8. The predicted octanol–water partition coefficient (Wildman–Crippen LogP) is 3.51. The molecule has 1 aliphatic heterocycles. The van der Waals surface area contributed by atoms with Crippen molar-refractivity contribution < 1.29 is 19.2 Å². The molecule has 0 saturated heterocycles. The van der Waals surface area contributed by atoms with Gasteiger partial charge < -0.3 is 14.8 Å². The summed E-state index contributed by atoms with van der Waals surface area (Å²) in [5, 5.41) is 14.1. The van der Waals surface area contributed by atoms with Crippen LogP contribution in [0.3, 0.4) is 0 Å². The molecule has 0 bridgehead atoms. The first-order valence-electron chi connectivity index (χ1n) is 7.60. The second kappa shape index (κ2) is 6.98. The summed E-state index contributed by atoms with van der Waals surface area (Å²) < 4.78 is 11.0. The molecule has 3 rings (SSSR count). The molecule has 1 unspecified atom stereocenters. The van der Waals surface area contributed by atoms with Gasteiger partial charge in [0.25, 0.3) is 11.6 Å². The standard InChI is InChI=1S/C17H15ClN2O5/c1-10(11-2-5-15-16(8-11)25-7-6-24-15)19-17(21)13-4-3-12(18)9-14(13)20(22)23/h2-5,8-10H,6-7H2,1H3,(H,19,21). The molecule has 1 N–H and O–H groups in total. The average Bonchev–Trinajstić information content (AvgIpc) is 2.61. The van der Waals surface area contributed by atoms with E-state index in [0.29, 0.717) is 24.7 Å². The second-order valence-electron chi connectivity index (χ2n) is 5.52. The lowest BCUT2D eigenvalue weighted by Crippen LogP contribution is -2.27. The lowest BCUT2D eigenvalue weighted by molar-refractivity contribution is -0.385. The van der Waals surface area contributed by atoms with Gasteiger partial charge in [0.1, 0.15) is 18.8 Å². The molecule has 1 aliphatic rings. The Morgan fingerprint density at radius 3 is 2.64 bits per heavy atom. The lowest BCUT2D eigenvalue weighted by Gasteiger charge is -2.21. The number of nitro benzene ring substituents is 1. The monoisotopic (exact) mass is 362 g/mol. The quantitative estimate of drug-likeness (QED) is 0.663. The minimum atomic E-state index is -0.629. The summed E-state index contributed by atoms with van der Waals surface area (Å²) in [4.78, 5) is 22.9. The van der Waals surface area contributed by atoms with Gasteiger partial charge in [0.15, 0.2) is 11.5 Å². The highest BCUT2D eigenvalue weighted by molar-refractivity contribution is 6.31. The maximum Gasteiger partial charge on any atom is 0.283 e. The summed E-state index contributed by atoms with van der Waals surface area (Å²) in [5.41, 5.74) is 0.424. The first-order valence-corrected chi connectivity index (χ1v) is 7.98. The highest BCUT2D eigenvalue weighted by Crippen LogP contribution is 2.33. The van der Waals surface area contributed by atoms with Gasteiger partial charge in [-0.25, -0.2) is 0 Å². The van der Waals surface area contributed by atoms with E-state index in [1.807, 2.05) is 6.07 Å². The number of carbonyl (C=O) groups is 1. The number of hydrogen-bond acceptors (Lipinski definition) is 5. The molecule has 0 aromatic heterocycles. The number of hydrogen-bond donors (Lipinski definition) is 1. The third-order valence-electron chi connectivity index (χ3n) is 3.81. The lowest BCUT2D eigenvalue weighted by atomic mass is 10.1. The first kappa shape index (κ1) is 17.0. The van der Waals surface area contributed by atoms with Crippen molar-refractivity contribution in [3.05, 3.63) is 62.7 Å². The van der Waals surface area contributed by atoms with Crippen LogP contribution in [0.2, 0.25) is 5.02 Å². The van der Waals surface area contributed by atoms with Crippen LogP contribution in [-0.4, -0.2) is 24.0 Å². The Labute approximate surface area is 148 Å². The summed E-state index contributed by atoms with van der Waals surface area (Å²) in [6.07, 6.45) is 0. The molecule has 0 fully saturated rings. The Bertz CT molecular complexity index is 840. The first-order chi connectivity index (χ1) is 12.0. The van der Waals surface area contributed by atoms with Crippen LogP contribution < -0.4 is 14.8 Å². The Hall–Kier alpha value is -2.80. The Morgan fingerprint density at radius 1 is 1.20 bits per heavy atom. The van der Waals surface area contributed by atoms with Crippen molar-refractivity contribution in [2.24, 2.45) is 0 Å². The van der Waals surface area contributed by atoms with E-state index in [-0.39, 0.29) is 22.3 Å². The molecule has 130 valence electrons. The zero-order chi connectivity index (χ0) is 18.0. The van der Waals surface area contributed by atoms with Gasteiger partial charge in [-0.3, -0.25) is 14.9 Å². The van der Waals surface area contributed by atoms with Gasteiger partial charge in [-0.15, -0.1) is 0 Å². The SMILES string of the molecule is CC(NC(=O)c1ccc(Cl)cc1[N+](=O)[O-])c1ccc2c(c1)OCCO2. The molecule has 0 radical (unpaired) electrons. The van der Waals surface area contributed by atoms with E-state index in [4.69, 9.17) is 21.1 Å². The van der Waals surface area contributed by atoms with Crippen LogP contribution in [0.25, 0.3) is 0 Å². The van der Waals surface area contributed by atoms with Crippen molar-refractivity contribution in [1.29, 1.82) is 0 Å². The molecule has 8 heteroatoms. The molecule has 1 heterocycles. The number of fused-ring (bicyclic) bond motifs is 1. The number of benzene rings is 2. The minimum absolute atomic E-state index is 0.0428. The minimum Gasteiger partial charge on any atom is -0.486 e. The molecule has 0 saturated carbocycles. The molecule has 0 aliphatic carbocycles. The van der Waals surface area contributed by atoms with Gasteiger partial charge >= 0.3 is 0 Å². The van der Waals surface area contributed by atoms with Crippen molar-refractivity contribution in [2.75, 3.05) is 13.2 Å². The number of nitrogens with zero attached hydrogens (tertiary/aromatic N) is 1. The van der Waals surface area contributed by atoms with Gasteiger partial charge in [-0.05, 0) is 36.8 Å². The fourth-order valence-corrected chi connectivity index (χ4v) is 2.70. The van der Waals surface area contributed by atoms with Crippen LogP contribution in [0.5, 0.6) is 11.5 Å². The van der Waals surface area contributed by atoms with E-state index in [0.717, 1.165) is 11.6 Å². The van der Waals surface area contributed by atoms with Gasteiger partial charge in [-0.2, -0.15) is 0 Å². The van der Waals surface area contributed by atoms with Crippen LogP contribution >= 0.6 is 11.6 Å². The maximum atomic E-state index is 12.4. The van der Waals surface area contributed by atoms with Crippen LogP contribution in [0.1, 0.15) is 28.9 Å². The molecular formula is C17H15ClN2O5. The molecule has 25 heavy (non-hydrogen) atoms. The Balaban J connectivity index is 1.80. The van der Waals surface area contributed by atoms with Gasteiger partial charge in [0, 0.05) is 11.1 Å². The Kier molecular flexibility index (Phi) is 4.76. The van der Waals surface area contributed by atoms with Crippen LogP contribution in [-0.2, 0) is 0 Å². The van der Waals surface area contributed by atoms with Gasteiger partial charge in [-0.1, -0.05) is 17.7 Å². The van der Waals surface area contributed by atoms with Crippen LogP contribution in [0.4, 0.5) is 5.69 Å². The summed E-state index contributed by atoms with van der Waals surface area (Å²) in [6.45, 7) is 2.75. The summed E-state index contributed by atoms with van der Waals surface area (Å²) in [5.74, 6) is 0.718. The number of rotatable bonds is 4. The number of nitrogens with one attached hydrogen (secondary N) is 1. The topological polar surface area (TPSA) is 90.7 Å². The number of ether oxygens (including phenoxy) is 2. The van der Waals surface area contributed by atoms with Crippen molar-refractivity contribution in [3.63, 3.8) is 0 Å². The number of nitro groups is 1. The zero-order valence-electron chi connectivity index (χ0n) is 13.3. The molecule has 0 spiro atoms. The van der Waals surface area contributed by atoms with Crippen LogP contribution in [0.15, 0.2) is 36.4 Å². The molecular weight excluding hydrogens is 348 g/mol. The third kappa shape index (κ3) is 3.66. The third-order valence-corrected chi connectivity index (χ3v) is 4.05. The smallest absolute Gasteiger partial charge is 0.283 e. The van der Waals surface area contributed by atoms with Crippen molar-refractivity contribution in [3.8, 4) is 11.5 Å². The van der Waals surface area contributed by atoms with E-state index in [9.17, 15) is 14.9 Å². The number of halogens is 1. The summed E-state index contributed by atoms with van der Waals surface area (Å²) in [6, 6.07) is 8.94. The summed E-state index contributed by atoms with van der Waals surface area (Å²) >= 11 is 5.77. The van der Waals surface area contributed by atoms with E-state index in [1.54, 1.807) is 19.1 Å². The maximum absolute atomic E-state index is 12.4. The molecule has 7 nitrogen and oxygen atoms in total. The average molecular weight is 363 g/mol. The highest BCUT2D eigenvalue weighted by Gasteiger charge is 2.23. The zero-order valence-corrected chi connectivity index (χ0v) is 14.1. The molecule has 1 atom stereocenters. The molecule has 2 aromatic carbocycles. The predicted molar refractivity (Wildman–Crippen MR) is 91.4 cm³/mol. The highest BCUT2D eigenvalue weighted by atomic mass is 35.5. The number of carbonyl (C=O) groups excluding carboxylic acids is 1. The fourth-order valence-electron chi connectivity index (χ4n) is 2.53.